The summed E-state index contributed by atoms with van der Waals surface area (Å²) in [6.07, 6.45) is 2.58. The fourth-order valence-electron chi connectivity index (χ4n) is 2.59. The lowest BCUT2D eigenvalue weighted by molar-refractivity contribution is -0.146. The van der Waals surface area contributed by atoms with Crippen LogP contribution in [-0.2, 0) is 9.59 Å². The Morgan fingerprint density at radius 1 is 1.14 bits per heavy atom. The average molecular weight is 288 g/mol. The summed E-state index contributed by atoms with van der Waals surface area (Å²) in [7, 11) is 0. The van der Waals surface area contributed by atoms with Crippen molar-refractivity contribution < 1.29 is 14.7 Å². The number of amides is 1. The predicted octanol–water partition coefficient (Wildman–Crippen LogP) is 2.78. The molecule has 1 heterocycles. The molecular formula is C16H20N2O3. The van der Waals surface area contributed by atoms with Crippen LogP contribution in [0, 0.1) is 18.8 Å². The van der Waals surface area contributed by atoms with Gasteiger partial charge >= 0.3 is 5.97 Å². The molecule has 21 heavy (non-hydrogen) atoms. The Morgan fingerprint density at radius 3 is 2.29 bits per heavy atom. The van der Waals surface area contributed by atoms with Crippen LogP contribution in [-0.4, -0.2) is 22.0 Å². The molecule has 1 aliphatic rings. The van der Waals surface area contributed by atoms with E-state index in [0.717, 1.165) is 16.7 Å². The van der Waals surface area contributed by atoms with Gasteiger partial charge in [0.15, 0.2) is 0 Å². The molecular weight excluding hydrogens is 268 g/mol. The van der Waals surface area contributed by atoms with Crippen molar-refractivity contribution in [2.75, 3.05) is 5.32 Å². The highest BCUT2D eigenvalue weighted by Gasteiger charge is 2.37. The summed E-state index contributed by atoms with van der Waals surface area (Å²) in [5, 5.41) is 12.1. The SMILES string of the molecule is CC1=C(C)C[C@@H](C(=O)Nc2ccc(C)cn2)[C@@H](C(=O)O)C1. The summed E-state index contributed by atoms with van der Waals surface area (Å²) in [6.45, 7) is 5.80. The number of rotatable bonds is 3. The van der Waals surface area contributed by atoms with Gasteiger partial charge in [-0.25, -0.2) is 4.98 Å². The fraction of sp³-hybridized carbons (Fsp3) is 0.438. The lowest BCUT2D eigenvalue weighted by Gasteiger charge is -2.29. The van der Waals surface area contributed by atoms with Crippen molar-refractivity contribution in [1.29, 1.82) is 0 Å². The molecule has 0 radical (unpaired) electrons. The summed E-state index contributed by atoms with van der Waals surface area (Å²) >= 11 is 0. The van der Waals surface area contributed by atoms with E-state index in [1.807, 2.05) is 26.8 Å². The number of pyridine rings is 1. The standard InChI is InChI=1S/C16H20N2O3/c1-9-4-5-14(17-8-9)18-15(19)12-6-10(2)11(3)7-13(12)16(20)21/h4-5,8,12-13H,6-7H2,1-3H3,(H,20,21)(H,17,18,19)/t12-,13+/m1/s1. The number of aryl methyl sites for hydroxylation is 1. The molecule has 0 saturated carbocycles. The Hall–Kier alpha value is -2.17. The number of allylic oxidation sites excluding steroid dienone is 2. The number of hydrogen-bond acceptors (Lipinski definition) is 3. The van der Waals surface area contributed by atoms with Gasteiger partial charge in [-0.2, -0.15) is 0 Å². The van der Waals surface area contributed by atoms with Crippen LogP contribution in [0.2, 0.25) is 0 Å². The molecule has 2 N–H and O–H groups in total. The maximum atomic E-state index is 12.4. The van der Waals surface area contributed by atoms with Crippen molar-refractivity contribution in [3.05, 3.63) is 35.0 Å². The van der Waals surface area contributed by atoms with Gasteiger partial charge in [-0.3, -0.25) is 9.59 Å². The van der Waals surface area contributed by atoms with Crippen molar-refractivity contribution in [2.45, 2.75) is 33.6 Å². The first-order valence-corrected chi connectivity index (χ1v) is 7.00. The molecule has 1 aliphatic carbocycles. The van der Waals surface area contributed by atoms with Gasteiger partial charge in [0, 0.05) is 6.20 Å². The summed E-state index contributed by atoms with van der Waals surface area (Å²) < 4.78 is 0. The number of aromatic nitrogens is 1. The number of hydrogen-bond donors (Lipinski definition) is 2. The van der Waals surface area contributed by atoms with Crippen molar-refractivity contribution in [2.24, 2.45) is 11.8 Å². The molecule has 2 atom stereocenters. The highest BCUT2D eigenvalue weighted by Crippen LogP contribution is 2.34. The highest BCUT2D eigenvalue weighted by atomic mass is 16.4. The molecule has 5 heteroatoms. The zero-order valence-corrected chi connectivity index (χ0v) is 12.5. The minimum atomic E-state index is -0.918. The van der Waals surface area contributed by atoms with Crippen LogP contribution in [0.4, 0.5) is 5.82 Å². The van der Waals surface area contributed by atoms with Crippen LogP contribution in [0.5, 0.6) is 0 Å². The average Bonchev–Trinajstić information content (AvgIpc) is 2.43. The molecule has 1 aromatic heterocycles. The molecule has 0 saturated heterocycles. The normalized spacial score (nSPS) is 22.0. The number of aliphatic carboxylic acids is 1. The van der Waals surface area contributed by atoms with Crippen LogP contribution in [0.25, 0.3) is 0 Å². The second-order valence-electron chi connectivity index (χ2n) is 5.73. The molecule has 1 aromatic rings. The maximum absolute atomic E-state index is 12.4. The molecule has 112 valence electrons. The van der Waals surface area contributed by atoms with E-state index in [1.54, 1.807) is 12.3 Å². The summed E-state index contributed by atoms with van der Waals surface area (Å²) in [5.41, 5.74) is 3.17. The molecule has 0 fully saturated rings. The topological polar surface area (TPSA) is 79.3 Å². The predicted molar refractivity (Wildman–Crippen MR) is 79.8 cm³/mol. The van der Waals surface area contributed by atoms with E-state index in [0.29, 0.717) is 18.7 Å². The second-order valence-corrected chi connectivity index (χ2v) is 5.73. The van der Waals surface area contributed by atoms with Crippen LogP contribution < -0.4 is 5.32 Å². The number of nitrogens with one attached hydrogen (secondary N) is 1. The molecule has 0 unspecified atom stereocenters. The first kappa shape index (κ1) is 15.2. The number of carboxylic acids is 1. The minimum Gasteiger partial charge on any atom is -0.481 e. The van der Waals surface area contributed by atoms with E-state index in [4.69, 9.17) is 0 Å². The van der Waals surface area contributed by atoms with Crippen molar-refractivity contribution in [3.8, 4) is 0 Å². The Kier molecular flexibility index (Phi) is 4.40. The van der Waals surface area contributed by atoms with Crippen LogP contribution >= 0.6 is 0 Å². The van der Waals surface area contributed by atoms with Gasteiger partial charge in [-0.05, 0) is 45.2 Å². The summed E-state index contributed by atoms with van der Waals surface area (Å²) in [5.74, 6) is -1.95. The van der Waals surface area contributed by atoms with Crippen LogP contribution in [0.3, 0.4) is 0 Å². The first-order valence-electron chi connectivity index (χ1n) is 7.00. The van der Waals surface area contributed by atoms with Crippen molar-refractivity contribution in [1.82, 2.24) is 4.98 Å². The van der Waals surface area contributed by atoms with Crippen molar-refractivity contribution in [3.63, 3.8) is 0 Å². The third-order valence-electron chi connectivity index (χ3n) is 4.08. The molecule has 1 amide bonds. The van der Waals surface area contributed by atoms with Crippen molar-refractivity contribution >= 4 is 17.7 Å². The van der Waals surface area contributed by atoms with E-state index in [2.05, 4.69) is 10.3 Å². The summed E-state index contributed by atoms with van der Waals surface area (Å²) in [4.78, 5) is 27.9. The largest absolute Gasteiger partial charge is 0.481 e. The van der Waals surface area contributed by atoms with Gasteiger partial charge in [-0.15, -0.1) is 0 Å². The molecule has 0 bridgehead atoms. The van der Waals surface area contributed by atoms with Crippen LogP contribution in [0.15, 0.2) is 29.5 Å². The maximum Gasteiger partial charge on any atom is 0.307 e. The number of anilines is 1. The molecule has 0 spiro atoms. The molecule has 0 aliphatic heterocycles. The van der Waals surface area contributed by atoms with Gasteiger partial charge < -0.3 is 10.4 Å². The zero-order chi connectivity index (χ0) is 15.6. The van der Waals surface area contributed by atoms with E-state index >= 15 is 0 Å². The van der Waals surface area contributed by atoms with Gasteiger partial charge in [0.05, 0.1) is 11.8 Å². The van der Waals surface area contributed by atoms with E-state index in [-0.39, 0.29) is 5.91 Å². The quantitative estimate of drug-likeness (QED) is 0.838. The lowest BCUT2D eigenvalue weighted by atomic mass is 9.76. The lowest BCUT2D eigenvalue weighted by Crippen LogP contribution is -2.36. The summed E-state index contributed by atoms with van der Waals surface area (Å²) in [6, 6.07) is 3.58. The third-order valence-corrected chi connectivity index (χ3v) is 4.08. The Bertz CT molecular complexity index is 590. The Balaban J connectivity index is 2.16. The molecule has 5 nitrogen and oxygen atoms in total. The zero-order valence-electron chi connectivity index (χ0n) is 12.5. The van der Waals surface area contributed by atoms with E-state index in [1.165, 1.54) is 0 Å². The minimum absolute atomic E-state index is 0.273. The number of carbonyl (C=O) groups is 2. The third kappa shape index (κ3) is 3.48. The molecule has 2 rings (SSSR count). The fourth-order valence-corrected chi connectivity index (χ4v) is 2.59. The van der Waals surface area contributed by atoms with Gasteiger partial charge in [0.2, 0.25) is 5.91 Å². The number of carboxylic acid groups (broad SMARTS) is 1. The van der Waals surface area contributed by atoms with E-state index < -0.39 is 17.8 Å². The van der Waals surface area contributed by atoms with Gasteiger partial charge in [0.25, 0.3) is 0 Å². The van der Waals surface area contributed by atoms with E-state index in [9.17, 15) is 14.7 Å². The molecule has 0 aromatic carbocycles. The number of carbonyl (C=O) groups excluding carboxylic acids is 1. The first-order chi connectivity index (χ1) is 9.88. The Labute approximate surface area is 124 Å². The smallest absolute Gasteiger partial charge is 0.307 e. The van der Waals surface area contributed by atoms with Gasteiger partial charge in [-0.1, -0.05) is 17.2 Å². The van der Waals surface area contributed by atoms with Crippen LogP contribution in [0.1, 0.15) is 32.3 Å². The highest BCUT2D eigenvalue weighted by molar-refractivity contribution is 5.94. The Morgan fingerprint density at radius 2 is 1.76 bits per heavy atom. The monoisotopic (exact) mass is 288 g/mol. The second kappa shape index (κ2) is 6.08. The number of nitrogens with zero attached hydrogens (tertiary/aromatic N) is 1. The van der Waals surface area contributed by atoms with Gasteiger partial charge in [0.1, 0.15) is 5.82 Å².